The first-order chi connectivity index (χ1) is 12.3. The van der Waals surface area contributed by atoms with Crippen molar-refractivity contribution in [2.75, 3.05) is 20.3 Å². The summed E-state index contributed by atoms with van der Waals surface area (Å²) in [6.07, 6.45) is 0. The molecular weight excluding hydrogens is 352 g/mol. The van der Waals surface area contributed by atoms with Crippen LogP contribution in [0, 0.1) is 6.92 Å². The number of carbonyl (C=O) groups is 1. The van der Waals surface area contributed by atoms with Crippen LogP contribution in [0.15, 0.2) is 53.4 Å². The fourth-order valence-electron chi connectivity index (χ4n) is 2.47. The number of carbonyl (C=O) groups excluding carboxylic acids is 1. The zero-order chi connectivity index (χ0) is 19.2. The molecule has 7 heteroatoms. The Hall–Kier alpha value is -2.22. The Morgan fingerprint density at radius 1 is 1.15 bits per heavy atom. The van der Waals surface area contributed by atoms with E-state index < -0.39 is 10.0 Å². The molecule has 1 atom stereocenters. The second kappa shape index (κ2) is 8.93. The molecular formula is C19H24N2O4S. The van der Waals surface area contributed by atoms with Crippen molar-refractivity contribution >= 4 is 15.9 Å². The first-order valence-electron chi connectivity index (χ1n) is 8.30. The molecule has 1 amide bonds. The van der Waals surface area contributed by atoms with Crippen LogP contribution >= 0.6 is 0 Å². The number of aryl methyl sites for hydroxylation is 1. The van der Waals surface area contributed by atoms with Gasteiger partial charge in [-0.25, -0.2) is 13.1 Å². The van der Waals surface area contributed by atoms with Crippen LogP contribution < -0.4 is 10.0 Å². The highest BCUT2D eigenvalue weighted by molar-refractivity contribution is 7.89. The first-order valence-corrected chi connectivity index (χ1v) is 9.78. The molecule has 1 unspecified atom stereocenters. The minimum absolute atomic E-state index is 0.0525. The maximum Gasteiger partial charge on any atom is 0.252 e. The van der Waals surface area contributed by atoms with Crippen LogP contribution in [-0.2, 0) is 14.8 Å². The number of hydrogen-bond acceptors (Lipinski definition) is 4. The van der Waals surface area contributed by atoms with Gasteiger partial charge in [-0.05, 0) is 37.1 Å². The van der Waals surface area contributed by atoms with Crippen LogP contribution in [0.2, 0.25) is 0 Å². The summed E-state index contributed by atoms with van der Waals surface area (Å²) in [5, 5.41) is 2.91. The lowest BCUT2D eigenvalue weighted by molar-refractivity contribution is 0.0939. The predicted octanol–water partition coefficient (Wildman–Crippen LogP) is 2.41. The van der Waals surface area contributed by atoms with Crippen molar-refractivity contribution in [3.63, 3.8) is 0 Å². The van der Waals surface area contributed by atoms with Gasteiger partial charge in [-0.2, -0.15) is 0 Å². The van der Waals surface area contributed by atoms with Crippen LogP contribution in [-0.4, -0.2) is 34.6 Å². The SMILES string of the molecule is COCCNS(=O)(=O)c1ccc(C)c(C(=O)NC(C)c2ccccc2)c1. The van der Waals surface area contributed by atoms with Gasteiger partial charge in [0.15, 0.2) is 0 Å². The second-order valence-electron chi connectivity index (χ2n) is 5.97. The van der Waals surface area contributed by atoms with E-state index >= 15 is 0 Å². The van der Waals surface area contributed by atoms with Crippen LogP contribution in [0.4, 0.5) is 0 Å². The molecule has 0 radical (unpaired) electrons. The molecule has 0 aromatic heterocycles. The van der Waals surface area contributed by atoms with E-state index in [9.17, 15) is 13.2 Å². The Bertz CT molecular complexity index is 851. The van der Waals surface area contributed by atoms with E-state index in [4.69, 9.17) is 4.74 Å². The number of benzene rings is 2. The molecule has 140 valence electrons. The van der Waals surface area contributed by atoms with E-state index in [1.807, 2.05) is 37.3 Å². The first kappa shape index (κ1) is 20.1. The van der Waals surface area contributed by atoms with Crippen molar-refractivity contribution in [2.45, 2.75) is 24.8 Å². The number of hydrogen-bond donors (Lipinski definition) is 2. The number of nitrogens with one attached hydrogen (secondary N) is 2. The van der Waals surface area contributed by atoms with Crippen molar-refractivity contribution in [1.82, 2.24) is 10.0 Å². The molecule has 2 aromatic carbocycles. The predicted molar refractivity (Wildman–Crippen MR) is 101 cm³/mol. The van der Waals surface area contributed by atoms with Crippen molar-refractivity contribution in [2.24, 2.45) is 0 Å². The van der Waals surface area contributed by atoms with Gasteiger partial charge in [0.25, 0.3) is 5.91 Å². The Labute approximate surface area is 154 Å². The molecule has 0 spiro atoms. The monoisotopic (exact) mass is 376 g/mol. The average Bonchev–Trinajstić information content (AvgIpc) is 2.62. The van der Waals surface area contributed by atoms with Gasteiger partial charge in [-0.3, -0.25) is 4.79 Å². The smallest absolute Gasteiger partial charge is 0.252 e. The van der Waals surface area contributed by atoms with Crippen LogP contribution in [0.1, 0.15) is 34.5 Å². The molecule has 0 aliphatic carbocycles. The molecule has 0 heterocycles. The van der Waals surface area contributed by atoms with Crippen LogP contribution in [0.25, 0.3) is 0 Å². The quantitative estimate of drug-likeness (QED) is 0.693. The van der Waals surface area contributed by atoms with E-state index in [1.54, 1.807) is 13.0 Å². The van der Waals surface area contributed by atoms with E-state index in [1.165, 1.54) is 19.2 Å². The molecule has 0 saturated heterocycles. The number of ether oxygens (including phenoxy) is 1. The van der Waals surface area contributed by atoms with Gasteiger partial charge in [-0.1, -0.05) is 36.4 Å². The number of methoxy groups -OCH3 is 1. The largest absolute Gasteiger partial charge is 0.383 e. The molecule has 2 rings (SSSR count). The Morgan fingerprint density at radius 3 is 2.50 bits per heavy atom. The molecule has 0 aliphatic rings. The summed E-state index contributed by atoms with van der Waals surface area (Å²) in [5.41, 5.74) is 2.02. The summed E-state index contributed by atoms with van der Waals surface area (Å²) in [4.78, 5) is 12.7. The Kier molecular flexibility index (Phi) is 6.90. The van der Waals surface area contributed by atoms with Gasteiger partial charge in [0, 0.05) is 19.2 Å². The maximum absolute atomic E-state index is 12.6. The molecule has 6 nitrogen and oxygen atoms in total. The number of sulfonamides is 1. The van der Waals surface area contributed by atoms with Gasteiger partial charge in [0.05, 0.1) is 17.5 Å². The maximum atomic E-state index is 12.6. The van der Waals surface area contributed by atoms with Crippen molar-refractivity contribution < 1.29 is 17.9 Å². The molecule has 0 bridgehead atoms. The fraction of sp³-hybridized carbons (Fsp3) is 0.316. The zero-order valence-electron chi connectivity index (χ0n) is 15.2. The average molecular weight is 376 g/mol. The lowest BCUT2D eigenvalue weighted by Gasteiger charge is -2.16. The van der Waals surface area contributed by atoms with Gasteiger partial charge >= 0.3 is 0 Å². The van der Waals surface area contributed by atoms with E-state index in [-0.39, 0.29) is 30.0 Å². The minimum atomic E-state index is -3.70. The molecule has 0 fully saturated rings. The summed E-state index contributed by atoms with van der Waals surface area (Å²) in [6, 6.07) is 13.9. The molecule has 0 saturated carbocycles. The second-order valence-corrected chi connectivity index (χ2v) is 7.74. The summed E-state index contributed by atoms with van der Waals surface area (Å²) in [5.74, 6) is -0.312. The Morgan fingerprint density at radius 2 is 1.85 bits per heavy atom. The number of rotatable bonds is 8. The molecule has 2 aromatic rings. The van der Waals surface area contributed by atoms with E-state index in [2.05, 4.69) is 10.0 Å². The fourth-order valence-corrected chi connectivity index (χ4v) is 3.51. The summed E-state index contributed by atoms with van der Waals surface area (Å²) in [6.45, 7) is 4.10. The molecule has 2 N–H and O–H groups in total. The van der Waals surface area contributed by atoms with Gasteiger partial charge in [-0.15, -0.1) is 0 Å². The Balaban J connectivity index is 2.19. The van der Waals surface area contributed by atoms with Gasteiger partial charge in [0.1, 0.15) is 0 Å². The van der Waals surface area contributed by atoms with Crippen LogP contribution in [0.5, 0.6) is 0 Å². The highest BCUT2D eigenvalue weighted by Gasteiger charge is 2.19. The normalized spacial score (nSPS) is 12.6. The molecule has 0 aliphatic heterocycles. The minimum Gasteiger partial charge on any atom is -0.383 e. The lowest BCUT2D eigenvalue weighted by Crippen LogP contribution is -2.29. The van der Waals surface area contributed by atoms with Gasteiger partial charge < -0.3 is 10.1 Å². The molecule has 26 heavy (non-hydrogen) atoms. The third-order valence-corrected chi connectivity index (χ3v) is 5.47. The van der Waals surface area contributed by atoms with Gasteiger partial charge in [0.2, 0.25) is 10.0 Å². The topological polar surface area (TPSA) is 84.5 Å². The van der Waals surface area contributed by atoms with Crippen molar-refractivity contribution in [1.29, 1.82) is 0 Å². The lowest BCUT2D eigenvalue weighted by atomic mass is 10.1. The standard InChI is InChI=1S/C19H24N2O4S/c1-14-9-10-17(26(23,24)20-11-12-25-3)13-18(14)19(22)21-15(2)16-7-5-4-6-8-16/h4-10,13,15,20H,11-12H2,1-3H3,(H,21,22). The highest BCUT2D eigenvalue weighted by Crippen LogP contribution is 2.18. The van der Waals surface area contributed by atoms with Crippen molar-refractivity contribution in [3.8, 4) is 0 Å². The summed E-state index contributed by atoms with van der Waals surface area (Å²) in [7, 11) is -2.20. The zero-order valence-corrected chi connectivity index (χ0v) is 16.0. The third kappa shape index (κ3) is 5.14. The van der Waals surface area contributed by atoms with E-state index in [0.717, 1.165) is 5.56 Å². The summed E-state index contributed by atoms with van der Waals surface area (Å²) >= 11 is 0. The van der Waals surface area contributed by atoms with Crippen LogP contribution in [0.3, 0.4) is 0 Å². The summed E-state index contributed by atoms with van der Waals surface area (Å²) < 4.78 is 32.0. The van der Waals surface area contributed by atoms with Crippen molar-refractivity contribution in [3.05, 3.63) is 65.2 Å². The van der Waals surface area contributed by atoms with E-state index in [0.29, 0.717) is 11.1 Å². The highest BCUT2D eigenvalue weighted by atomic mass is 32.2. The number of amides is 1. The third-order valence-electron chi connectivity index (χ3n) is 4.01.